The molecule has 0 radical (unpaired) electrons. The molecule has 0 saturated carbocycles. The Labute approximate surface area is 170 Å². The lowest BCUT2D eigenvalue weighted by Gasteiger charge is -2.41. The quantitative estimate of drug-likeness (QED) is 0.793. The van der Waals surface area contributed by atoms with Crippen molar-refractivity contribution in [2.45, 2.75) is 31.9 Å². The number of anilines is 1. The molecule has 1 aliphatic rings. The molecule has 3 N–H and O–H groups in total. The van der Waals surface area contributed by atoms with Crippen LogP contribution < -0.4 is 11.1 Å². The third-order valence-corrected chi connectivity index (χ3v) is 5.11. The van der Waals surface area contributed by atoms with Gasteiger partial charge < -0.3 is 15.8 Å². The van der Waals surface area contributed by atoms with Gasteiger partial charge >= 0.3 is 0 Å². The van der Waals surface area contributed by atoms with Crippen LogP contribution in [0, 0.1) is 23.1 Å². The number of alkyl halides is 2. The van der Waals surface area contributed by atoms with Crippen LogP contribution in [0.5, 0.6) is 0 Å². The predicted octanol–water partition coefficient (Wildman–Crippen LogP) is 3.17. The molecule has 0 aliphatic carbocycles. The van der Waals surface area contributed by atoms with Gasteiger partial charge in [0.15, 0.2) is 5.54 Å². The minimum Gasteiger partial charge on any atom is -0.462 e. The first-order valence-corrected chi connectivity index (χ1v) is 8.96. The SMILES string of the molecule is C[C@@H]1OC(N)=N[C@](c2cc(NC(=O)c3ccc(C#N)cn3)ccc2F)(C(F)F)[C@@H]1C. The molecule has 3 atom stereocenters. The fourth-order valence-electron chi connectivity index (χ4n) is 3.33. The Balaban J connectivity index is 2.00. The van der Waals surface area contributed by atoms with Gasteiger partial charge in [-0.15, -0.1) is 0 Å². The van der Waals surface area contributed by atoms with Gasteiger partial charge in [0.2, 0.25) is 0 Å². The number of ether oxygens (including phenoxy) is 1. The molecule has 1 aliphatic heterocycles. The zero-order valence-corrected chi connectivity index (χ0v) is 16.1. The molecule has 1 aromatic heterocycles. The molecular formula is C20H18F3N5O2. The van der Waals surface area contributed by atoms with Crippen molar-refractivity contribution in [2.24, 2.45) is 16.6 Å². The van der Waals surface area contributed by atoms with Crippen LogP contribution in [0.15, 0.2) is 41.5 Å². The predicted molar refractivity (Wildman–Crippen MR) is 102 cm³/mol. The molecule has 2 aromatic rings. The van der Waals surface area contributed by atoms with E-state index in [1.54, 1.807) is 6.92 Å². The van der Waals surface area contributed by atoms with Gasteiger partial charge in [0, 0.05) is 23.4 Å². The summed E-state index contributed by atoms with van der Waals surface area (Å²) in [5.74, 6) is -2.48. The van der Waals surface area contributed by atoms with Crippen LogP contribution in [0.4, 0.5) is 18.9 Å². The highest BCUT2D eigenvalue weighted by atomic mass is 19.3. The van der Waals surface area contributed by atoms with Crippen LogP contribution in [-0.4, -0.2) is 29.4 Å². The highest BCUT2D eigenvalue weighted by molar-refractivity contribution is 6.02. The van der Waals surface area contributed by atoms with Gasteiger partial charge in [0.1, 0.15) is 23.7 Å². The molecule has 10 heteroatoms. The smallest absolute Gasteiger partial charge is 0.283 e. The molecule has 7 nitrogen and oxygen atoms in total. The summed E-state index contributed by atoms with van der Waals surface area (Å²) in [6, 6.07) is 7.48. The van der Waals surface area contributed by atoms with Crippen molar-refractivity contribution in [2.75, 3.05) is 5.32 Å². The second kappa shape index (κ2) is 8.02. The molecule has 3 rings (SSSR count). The Bertz CT molecular complexity index is 1040. The minimum absolute atomic E-state index is 0.00114. The van der Waals surface area contributed by atoms with E-state index in [9.17, 15) is 18.0 Å². The fraction of sp³-hybridized carbons (Fsp3) is 0.300. The first kappa shape index (κ1) is 21.1. The van der Waals surface area contributed by atoms with E-state index in [2.05, 4.69) is 15.3 Å². The van der Waals surface area contributed by atoms with Crippen LogP contribution in [0.3, 0.4) is 0 Å². The molecule has 1 aromatic carbocycles. The third kappa shape index (κ3) is 3.66. The summed E-state index contributed by atoms with van der Waals surface area (Å²) in [5, 5.41) is 11.3. The lowest BCUT2D eigenvalue weighted by atomic mass is 9.76. The zero-order chi connectivity index (χ0) is 22.1. The Hall–Kier alpha value is -3.61. The van der Waals surface area contributed by atoms with Gasteiger partial charge in [-0.05, 0) is 37.3 Å². The summed E-state index contributed by atoms with van der Waals surface area (Å²) in [7, 11) is 0. The number of benzene rings is 1. The van der Waals surface area contributed by atoms with Gasteiger partial charge in [-0.3, -0.25) is 4.79 Å². The van der Waals surface area contributed by atoms with Gasteiger partial charge in [0.05, 0.1) is 5.56 Å². The number of amidine groups is 1. The number of aliphatic imine (C=N–C) groups is 1. The molecule has 2 heterocycles. The van der Waals surface area contributed by atoms with Gasteiger partial charge in [-0.2, -0.15) is 5.26 Å². The summed E-state index contributed by atoms with van der Waals surface area (Å²) < 4.78 is 48.4. The van der Waals surface area contributed by atoms with Crippen molar-refractivity contribution in [3.8, 4) is 6.07 Å². The Kier molecular flexibility index (Phi) is 5.64. The van der Waals surface area contributed by atoms with Crippen molar-refractivity contribution in [3.05, 3.63) is 59.2 Å². The number of hydrogen-bond acceptors (Lipinski definition) is 6. The number of nitriles is 1. The van der Waals surface area contributed by atoms with Gasteiger partial charge in [-0.25, -0.2) is 23.1 Å². The Morgan fingerprint density at radius 3 is 2.67 bits per heavy atom. The number of nitrogens with zero attached hydrogens (tertiary/aromatic N) is 3. The topological polar surface area (TPSA) is 113 Å². The summed E-state index contributed by atoms with van der Waals surface area (Å²) in [5.41, 5.74) is 3.23. The number of pyridine rings is 1. The van der Waals surface area contributed by atoms with Gasteiger partial charge in [-0.1, -0.05) is 6.92 Å². The van der Waals surface area contributed by atoms with Gasteiger partial charge in [0.25, 0.3) is 18.4 Å². The van der Waals surface area contributed by atoms with E-state index in [-0.39, 0.29) is 16.9 Å². The van der Waals surface area contributed by atoms with E-state index in [0.29, 0.717) is 0 Å². The summed E-state index contributed by atoms with van der Waals surface area (Å²) in [4.78, 5) is 20.1. The normalized spacial score (nSPS) is 23.3. The maximum Gasteiger partial charge on any atom is 0.283 e. The summed E-state index contributed by atoms with van der Waals surface area (Å²) >= 11 is 0. The van der Waals surface area contributed by atoms with Crippen LogP contribution in [-0.2, 0) is 10.3 Å². The standard InChI is InChI=1S/C20H18F3N5O2/c1-10-11(2)30-19(25)28-20(10,18(22)23)14-7-13(4-5-15(14)21)27-17(29)16-6-3-12(8-24)9-26-16/h3-7,9-11,18H,1-2H3,(H2,25,28)(H,27,29)/t10-,11+,20-/m1/s1. The molecule has 30 heavy (non-hydrogen) atoms. The monoisotopic (exact) mass is 417 g/mol. The number of rotatable bonds is 4. The minimum atomic E-state index is -3.09. The number of carbonyl (C=O) groups is 1. The number of amides is 1. The molecule has 0 spiro atoms. The molecular weight excluding hydrogens is 399 g/mol. The molecule has 0 bridgehead atoms. The molecule has 1 amide bonds. The van der Waals surface area contributed by atoms with Crippen LogP contribution in [0.2, 0.25) is 0 Å². The second-order valence-electron chi connectivity index (χ2n) is 6.88. The third-order valence-electron chi connectivity index (χ3n) is 5.11. The second-order valence-corrected chi connectivity index (χ2v) is 6.88. The molecule has 0 saturated heterocycles. The summed E-state index contributed by atoms with van der Waals surface area (Å²) in [6.07, 6.45) is -2.60. The van der Waals surface area contributed by atoms with E-state index in [4.69, 9.17) is 15.7 Å². The molecule has 0 fully saturated rings. The number of halogens is 3. The number of nitrogens with one attached hydrogen (secondary N) is 1. The number of carbonyl (C=O) groups excluding carboxylic acids is 1. The number of nitrogens with two attached hydrogens (primary N) is 1. The van der Waals surface area contributed by atoms with Crippen LogP contribution >= 0.6 is 0 Å². The lowest BCUT2D eigenvalue weighted by molar-refractivity contribution is -0.0363. The van der Waals surface area contributed by atoms with Crippen molar-refractivity contribution in [1.82, 2.24) is 4.98 Å². The first-order valence-electron chi connectivity index (χ1n) is 8.96. The van der Waals surface area contributed by atoms with E-state index in [1.807, 2.05) is 6.07 Å². The average Bonchev–Trinajstić information content (AvgIpc) is 2.72. The number of hydrogen-bond donors (Lipinski definition) is 2. The van der Waals surface area contributed by atoms with E-state index < -0.39 is 47.3 Å². The molecule has 0 unspecified atom stereocenters. The van der Waals surface area contributed by atoms with Crippen LogP contribution in [0.25, 0.3) is 0 Å². The largest absolute Gasteiger partial charge is 0.462 e. The maximum absolute atomic E-state index is 14.7. The first-order chi connectivity index (χ1) is 14.2. The van der Waals surface area contributed by atoms with E-state index in [1.165, 1.54) is 31.3 Å². The van der Waals surface area contributed by atoms with Crippen molar-refractivity contribution >= 4 is 17.6 Å². The zero-order valence-electron chi connectivity index (χ0n) is 16.1. The average molecular weight is 417 g/mol. The van der Waals surface area contributed by atoms with E-state index in [0.717, 1.165) is 12.1 Å². The van der Waals surface area contributed by atoms with Crippen molar-refractivity contribution < 1.29 is 22.7 Å². The lowest BCUT2D eigenvalue weighted by Crippen LogP contribution is -2.51. The Morgan fingerprint density at radius 1 is 1.33 bits per heavy atom. The highest BCUT2D eigenvalue weighted by Gasteiger charge is 2.53. The van der Waals surface area contributed by atoms with Crippen molar-refractivity contribution in [3.63, 3.8) is 0 Å². The fourth-order valence-corrected chi connectivity index (χ4v) is 3.33. The molecule has 156 valence electrons. The van der Waals surface area contributed by atoms with Crippen molar-refractivity contribution in [1.29, 1.82) is 5.26 Å². The summed E-state index contributed by atoms with van der Waals surface area (Å²) in [6.45, 7) is 3.02. The number of aromatic nitrogens is 1. The van der Waals surface area contributed by atoms with Crippen LogP contribution in [0.1, 0.15) is 35.5 Å². The van der Waals surface area contributed by atoms with E-state index >= 15 is 0 Å². The highest BCUT2D eigenvalue weighted by Crippen LogP contribution is 2.45. The maximum atomic E-state index is 14.7. The Morgan fingerprint density at radius 2 is 2.07 bits per heavy atom.